The minimum Gasteiger partial charge on any atom is -0.228 e. The number of fused-ring (bicyclic) bond motifs is 8. The lowest BCUT2D eigenvalue weighted by Gasteiger charge is -2.17. The molecule has 0 radical (unpaired) electrons. The molecule has 0 unspecified atom stereocenters. The van der Waals surface area contributed by atoms with Crippen LogP contribution in [0.2, 0.25) is 0 Å². The monoisotopic (exact) mass is 684 g/mol. The predicted octanol–water partition coefficient (Wildman–Crippen LogP) is 14.1. The summed E-state index contributed by atoms with van der Waals surface area (Å²) in [7, 11) is 0. The maximum atomic E-state index is 5.48. The maximum absolute atomic E-state index is 5.48. The summed E-state index contributed by atoms with van der Waals surface area (Å²) in [6.07, 6.45) is 0. The minimum atomic E-state index is 0.700. The van der Waals surface area contributed by atoms with Gasteiger partial charge in [0.1, 0.15) is 0 Å². The van der Waals surface area contributed by atoms with Gasteiger partial charge in [0.15, 0.2) is 5.82 Å². The van der Waals surface area contributed by atoms with Crippen LogP contribution in [0.1, 0.15) is 0 Å². The van der Waals surface area contributed by atoms with E-state index in [1.165, 1.54) is 70.2 Å². The van der Waals surface area contributed by atoms with Crippen LogP contribution >= 0.6 is 0 Å². The minimum absolute atomic E-state index is 0.700. The van der Waals surface area contributed by atoms with Crippen LogP contribution in [0.15, 0.2) is 194 Å². The van der Waals surface area contributed by atoms with Crippen LogP contribution in [0.3, 0.4) is 0 Å². The van der Waals surface area contributed by atoms with E-state index < -0.39 is 0 Å². The molecule has 0 saturated heterocycles. The van der Waals surface area contributed by atoms with Gasteiger partial charge in [-0.1, -0.05) is 176 Å². The Bertz CT molecular complexity index is 3080. The Kier molecular flexibility index (Phi) is 6.90. The Morgan fingerprint density at radius 1 is 0.241 bits per heavy atom. The summed E-state index contributed by atoms with van der Waals surface area (Å²) >= 11 is 0. The van der Waals surface area contributed by atoms with E-state index in [1.54, 1.807) is 0 Å². The molecule has 0 amide bonds. The highest BCUT2D eigenvalue weighted by atomic mass is 14.9. The van der Waals surface area contributed by atoms with Crippen molar-refractivity contribution in [3.8, 4) is 45.0 Å². The third-order valence-electron chi connectivity index (χ3n) is 11.0. The molecule has 0 fully saturated rings. The standard InChI is InChI=1S/C52H32N2/c1-2-12-33(13-3-1)34-22-24-37(25-23-34)52-53-48(50-42-20-10-6-16-38(42)30-46-40-18-8-4-14-35(40)26-28-44(46)50)32-49(54-52)51-43-21-11-7-17-39(43)31-47-41-19-9-5-15-36(41)27-29-45(47)51/h1-32H. The van der Waals surface area contributed by atoms with Crippen LogP contribution in [-0.4, -0.2) is 9.97 Å². The molecule has 11 rings (SSSR count). The number of benzene rings is 10. The van der Waals surface area contributed by atoms with Gasteiger partial charge in [-0.05, 0) is 94.0 Å². The van der Waals surface area contributed by atoms with E-state index in [0.29, 0.717) is 5.82 Å². The fraction of sp³-hybridized carbons (Fsp3) is 0. The number of hydrogen-bond acceptors (Lipinski definition) is 2. The molecule has 0 aliphatic heterocycles. The first kappa shape index (κ1) is 30.5. The molecule has 1 aromatic heterocycles. The van der Waals surface area contributed by atoms with Gasteiger partial charge in [0, 0.05) is 16.7 Å². The quantitative estimate of drug-likeness (QED) is 0.136. The van der Waals surface area contributed by atoms with Crippen LogP contribution in [0.25, 0.3) is 110 Å². The van der Waals surface area contributed by atoms with Gasteiger partial charge in [-0.2, -0.15) is 0 Å². The Morgan fingerprint density at radius 3 is 1.17 bits per heavy atom. The average molecular weight is 685 g/mol. The van der Waals surface area contributed by atoms with E-state index in [4.69, 9.17) is 9.97 Å². The van der Waals surface area contributed by atoms with E-state index in [1.807, 2.05) is 0 Å². The van der Waals surface area contributed by atoms with E-state index in [-0.39, 0.29) is 0 Å². The Hall–Kier alpha value is -7.16. The normalized spacial score (nSPS) is 11.7. The SMILES string of the molecule is c1ccc(-c2ccc(-c3nc(-c4c5ccccc5cc5c4ccc4ccccc45)cc(-c4c5ccccc5cc5c4ccc4ccccc45)n3)cc2)cc1. The van der Waals surface area contributed by atoms with Crippen LogP contribution in [0, 0.1) is 0 Å². The fourth-order valence-corrected chi connectivity index (χ4v) is 8.47. The molecule has 0 saturated carbocycles. The summed E-state index contributed by atoms with van der Waals surface area (Å²) in [5.41, 5.74) is 7.37. The van der Waals surface area contributed by atoms with Crippen molar-refractivity contribution in [1.82, 2.24) is 9.97 Å². The van der Waals surface area contributed by atoms with Crippen LogP contribution in [0.5, 0.6) is 0 Å². The molecule has 2 nitrogen and oxygen atoms in total. The van der Waals surface area contributed by atoms with Crippen molar-refractivity contribution in [3.63, 3.8) is 0 Å². The zero-order valence-corrected chi connectivity index (χ0v) is 29.4. The molecule has 10 aromatic carbocycles. The summed E-state index contributed by atoms with van der Waals surface area (Å²) in [4.78, 5) is 11.0. The number of nitrogens with zero attached hydrogens (tertiary/aromatic N) is 2. The zero-order chi connectivity index (χ0) is 35.6. The Labute approximate surface area is 312 Å². The topological polar surface area (TPSA) is 25.8 Å². The van der Waals surface area contributed by atoms with E-state index in [2.05, 4.69) is 194 Å². The lowest BCUT2D eigenvalue weighted by molar-refractivity contribution is 1.19. The second kappa shape index (κ2) is 12.2. The lowest BCUT2D eigenvalue weighted by atomic mass is 9.89. The summed E-state index contributed by atoms with van der Waals surface area (Å²) in [6, 6.07) is 69.9. The first-order valence-electron chi connectivity index (χ1n) is 18.5. The molecular formula is C52H32N2. The second-order valence-electron chi connectivity index (χ2n) is 14.1. The van der Waals surface area contributed by atoms with Crippen LogP contribution in [-0.2, 0) is 0 Å². The summed E-state index contributed by atoms with van der Waals surface area (Å²) in [5.74, 6) is 0.700. The smallest absolute Gasteiger partial charge is 0.160 e. The van der Waals surface area contributed by atoms with Crippen molar-refractivity contribution in [2.24, 2.45) is 0 Å². The van der Waals surface area contributed by atoms with Crippen LogP contribution < -0.4 is 0 Å². The van der Waals surface area contributed by atoms with Gasteiger partial charge in [-0.15, -0.1) is 0 Å². The molecule has 0 atom stereocenters. The second-order valence-corrected chi connectivity index (χ2v) is 14.1. The fourth-order valence-electron chi connectivity index (χ4n) is 8.47. The number of aromatic nitrogens is 2. The van der Waals surface area contributed by atoms with Crippen molar-refractivity contribution in [1.29, 1.82) is 0 Å². The molecule has 1 heterocycles. The molecule has 0 aliphatic rings. The summed E-state index contributed by atoms with van der Waals surface area (Å²) in [6.45, 7) is 0. The largest absolute Gasteiger partial charge is 0.228 e. The first-order valence-corrected chi connectivity index (χ1v) is 18.5. The van der Waals surface area contributed by atoms with E-state index in [9.17, 15) is 0 Å². The average Bonchev–Trinajstić information content (AvgIpc) is 3.25. The Morgan fingerprint density at radius 2 is 0.648 bits per heavy atom. The molecule has 0 N–H and O–H groups in total. The lowest BCUT2D eigenvalue weighted by Crippen LogP contribution is -1.98. The molecule has 0 bridgehead atoms. The van der Waals surface area contributed by atoms with Crippen molar-refractivity contribution >= 4 is 64.6 Å². The predicted molar refractivity (Wildman–Crippen MR) is 229 cm³/mol. The van der Waals surface area contributed by atoms with Crippen molar-refractivity contribution < 1.29 is 0 Å². The van der Waals surface area contributed by atoms with Crippen molar-refractivity contribution in [3.05, 3.63) is 194 Å². The molecule has 0 aliphatic carbocycles. The van der Waals surface area contributed by atoms with Gasteiger partial charge in [0.2, 0.25) is 0 Å². The van der Waals surface area contributed by atoms with Gasteiger partial charge in [0.05, 0.1) is 11.4 Å². The van der Waals surface area contributed by atoms with Gasteiger partial charge in [-0.3, -0.25) is 0 Å². The molecule has 11 aromatic rings. The molecule has 250 valence electrons. The van der Waals surface area contributed by atoms with E-state index in [0.717, 1.165) is 33.6 Å². The van der Waals surface area contributed by atoms with Gasteiger partial charge in [0.25, 0.3) is 0 Å². The highest BCUT2D eigenvalue weighted by molar-refractivity contribution is 6.22. The first-order chi connectivity index (χ1) is 26.8. The number of hydrogen-bond donors (Lipinski definition) is 0. The highest BCUT2D eigenvalue weighted by Gasteiger charge is 2.20. The van der Waals surface area contributed by atoms with E-state index >= 15 is 0 Å². The van der Waals surface area contributed by atoms with Gasteiger partial charge in [-0.25, -0.2) is 9.97 Å². The third kappa shape index (κ3) is 4.88. The summed E-state index contributed by atoms with van der Waals surface area (Å²) < 4.78 is 0. The van der Waals surface area contributed by atoms with Gasteiger partial charge >= 0.3 is 0 Å². The maximum Gasteiger partial charge on any atom is 0.160 e. The van der Waals surface area contributed by atoms with Crippen molar-refractivity contribution in [2.45, 2.75) is 0 Å². The highest BCUT2D eigenvalue weighted by Crippen LogP contribution is 2.43. The molecular weight excluding hydrogens is 653 g/mol. The van der Waals surface area contributed by atoms with Gasteiger partial charge < -0.3 is 0 Å². The van der Waals surface area contributed by atoms with Crippen LogP contribution in [0.4, 0.5) is 0 Å². The van der Waals surface area contributed by atoms with Crippen molar-refractivity contribution in [2.75, 3.05) is 0 Å². The zero-order valence-electron chi connectivity index (χ0n) is 29.4. The molecule has 54 heavy (non-hydrogen) atoms. The molecule has 0 spiro atoms. The molecule has 2 heteroatoms. The third-order valence-corrected chi connectivity index (χ3v) is 11.0. The summed E-state index contributed by atoms with van der Waals surface area (Å²) in [5, 5.41) is 14.4. The Balaban J connectivity index is 1.25. The number of rotatable bonds is 4.